The Morgan fingerprint density at radius 1 is 1.47 bits per heavy atom. The molecule has 3 N–H and O–H groups in total. The molecule has 1 amide bonds. The van der Waals surface area contributed by atoms with E-state index in [0.717, 1.165) is 0 Å². The van der Waals surface area contributed by atoms with E-state index in [1.807, 2.05) is 6.92 Å². The normalized spacial score (nSPS) is 12.1. The molecule has 0 saturated heterocycles. The average Bonchev–Trinajstić information content (AvgIpc) is 2.30. The fourth-order valence-electron chi connectivity index (χ4n) is 1.42. The molecule has 0 spiro atoms. The molecule has 0 aliphatic heterocycles. The SMILES string of the molecule is CCNC(CCOc1ccc(F)cc1)C(N)=O. The first kappa shape index (κ1) is 13.4. The van der Waals surface area contributed by atoms with Gasteiger partial charge in [-0.05, 0) is 30.8 Å². The van der Waals surface area contributed by atoms with Gasteiger partial charge in [-0.25, -0.2) is 4.39 Å². The highest BCUT2D eigenvalue weighted by atomic mass is 19.1. The van der Waals surface area contributed by atoms with Crippen LogP contribution in [0.3, 0.4) is 0 Å². The van der Waals surface area contributed by atoms with Crippen LogP contribution in [0.1, 0.15) is 13.3 Å². The van der Waals surface area contributed by atoms with Crippen LogP contribution in [-0.4, -0.2) is 25.1 Å². The number of carbonyl (C=O) groups excluding carboxylic acids is 1. The number of rotatable bonds is 7. The molecular formula is C12H17FN2O2. The number of carbonyl (C=O) groups is 1. The summed E-state index contributed by atoms with van der Waals surface area (Å²) in [5.74, 6) is -0.124. The molecule has 0 saturated carbocycles. The first-order chi connectivity index (χ1) is 8.13. The lowest BCUT2D eigenvalue weighted by Crippen LogP contribution is -2.42. The number of halogens is 1. The molecule has 4 nitrogen and oxygen atoms in total. The molecular weight excluding hydrogens is 223 g/mol. The zero-order valence-corrected chi connectivity index (χ0v) is 9.78. The summed E-state index contributed by atoms with van der Waals surface area (Å²) in [6.07, 6.45) is 0.487. The second kappa shape index (κ2) is 6.85. The number of nitrogens with one attached hydrogen (secondary N) is 1. The van der Waals surface area contributed by atoms with Crippen LogP contribution in [0.25, 0.3) is 0 Å². The third-order valence-corrected chi connectivity index (χ3v) is 2.28. The second-order valence-electron chi connectivity index (χ2n) is 3.60. The lowest BCUT2D eigenvalue weighted by molar-refractivity contribution is -0.120. The Morgan fingerprint density at radius 2 is 2.12 bits per heavy atom. The van der Waals surface area contributed by atoms with Crippen molar-refractivity contribution in [3.63, 3.8) is 0 Å². The van der Waals surface area contributed by atoms with Crippen LogP contribution in [0.4, 0.5) is 4.39 Å². The Balaban J connectivity index is 2.35. The predicted octanol–water partition coefficient (Wildman–Crippen LogP) is 1.06. The van der Waals surface area contributed by atoms with Gasteiger partial charge in [-0.1, -0.05) is 6.92 Å². The summed E-state index contributed by atoms with van der Waals surface area (Å²) in [7, 11) is 0. The van der Waals surface area contributed by atoms with Crippen LogP contribution >= 0.6 is 0 Å². The van der Waals surface area contributed by atoms with E-state index >= 15 is 0 Å². The van der Waals surface area contributed by atoms with Gasteiger partial charge in [0, 0.05) is 6.42 Å². The largest absolute Gasteiger partial charge is 0.494 e. The van der Waals surface area contributed by atoms with Crippen molar-refractivity contribution < 1.29 is 13.9 Å². The van der Waals surface area contributed by atoms with Crippen LogP contribution < -0.4 is 15.8 Å². The molecule has 5 heteroatoms. The van der Waals surface area contributed by atoms with Crippen LogP contribution in [0.5, 0.6) is 5.75 Å². The zero-order chi connectivity index (χ0) is 12.7. The highest BCUT2D eigenvalue weighted by molar-refractivity contribution is 5.79. The lowest BCUT2D eigenvalue weighted by Gasteiger charge is -2.14. The summed E-state index contributed by atoms with van der Waals surface area (Å²) in [4.78, 5) is 11.0. The minimum absolute atomic E-state index is 0.306. The zero-order valence-electron chi connectivity index (χ0n) is 9.78. The van der Waals surface area contributed by atoms with E-state index in [1.165, 1.54) is 12.1 Å². The summed E-state index contributed by atoms with van der Waals surface area (Å²) < 4.78 is 18.0. The number of hydrogen-bond donors (Lipinski definition) is 2. The van der Waals surface area contributed by atoms with Gasteiger partial charge >= 0.3 is 0 Å². The number of benzene rings is 1. The Kier molecular flexibility index (Phi) is 5.42. The van der Waals surface area contributed by atoms with E-state index in [1.54, 1.807) is 12.1 Å². The molecule has 1 aromatic carbocycles. The highest BCUT2D eigenvalue weighted by Gasteiger charge is 2.13. The van der Waals surface area contributed by atoms with Crippen LogP contribution in [-0.2, 0) is 4.79 Å². The molecule has 94 valence electrons. The van der Waals surface area contributed by atoms with Gasteiger partial charge in [0.05, 0.1) is 12.6 Å². The molecule has 1 aromatic rings. The van der Waals surface area contributed by atoms with E-state index in [9.17, 15) is 9.18 Å². The molecule has 0 fully saturated rings. The van der Waals surface area contributed by atoms with E-state index in [4.69, 9.17) is 10.5 Å². The highest BCUT2D eigenvalue weighted by Crippen LogP contribution is 2.11. The van der Waals surface area contributed by atoms with E-state index in [2.05, 4.69) is 5.32 Å². The van der Waals surface area contributed by atoms with Crippen molar-refractivity contribution in [3.05, 3.63) is 30.1 Å². The first-order valence-corrected chi connectivity index (χ1v) is 5.54. The summed E-state index contributed by atoms with van der Waals surface area (Å²) in [6.45, 7) is 2.92. The van der Waals surface area contributed by atoms with E-state index in [0.29, 0.717) is 25.3 Å². The predicted molar refractivity (Wildman–Crippen MR) is 63.2 cm³/mol. The number of ether oxygens (including phenoxy) is 1. The molecule has 0 radical (unpaired) electrons. The Hall–Kier alpha value is -1.62. The van der Waals surface area contributed by atoms with Crippen molar-refractivity contribution in [2.24, 2.45) is 5.73 Å². The Labute approximate surface area is 100.0 Å². The number of hydrogen-bond acceptors (Lipinski definition) is 3. The third kappa shape index (κ3) is 4.82. The molecule has 1 unspecified atom stereocenters. The van der Waals surface area contributed by atoms with Crippen LogP contribution in [0, 0.1) is 5.82 Å². The summed E-state index contributed by atoms with van der Waals surface area (Å²) in [5.41, 5.74) is 5.22. The monoisotopic (exact) mass is 240 g/mol. The lowest BCUT2D eigenvalue weighted by atomic mass is 10.2. The fraction of sp³-hybridized carbons (Fsp3) is 0.417. The van der Waals surface area contributed by atoms with Crippen LogP contribution in [0.2, 0.25) is 0 Å². The number of likely N-dealkylation sites (N-methyl/N-ethyl adjacent to an activating group) is 1. The maximum Gasteiger partial charge on any atom is 0.234 e. The van der Waals surface area contributed by atoms with Gasteiger partial charge in [-0.3, -0.25) is 4.79 Å². The molecule has 0 aromatic heterocycles. The molecule has 0 aliphatic carbocycles. The Morgan fingerprint density at radius 3 is 2.65 bits per heavy atom. The van der Waals surface area contributed by atoms with E-state index < -0.39 is 5.91 Å². The summed E-state index contributed by atoms with van der Waals surface area (Å²) >= 11 is 0. The quantitative estimate of drug-likeness (QED) is 0.749. The van der Waals surface area contributed by atoms with Crippen molar-refractivity contribution in [1.29, 1.82) is 0 Å². The molecule has 1 rings (SSSR count). The molecule has 1 atom stereocenters. The smallest absolute Gasteiger partial charge is 0.234 e. The number of nitrogens with two attached hydrogens (primary N) is 1. The molecule has 0 bridgehead atoms. The number of primary amides is 1. The van der Waals surface area contributed by atoms with Crippen LogP contribution in [0.15, 0.2) is 24.3 Å². The van der Waals surface area contributed by atoms with Gasteiger partial charge in [0.15, 0.2) is 0 Å². The van der Waals surface area contributed by atoms with Crippen molar-refractivity contribution >= 4 is 5.91 Å². The van der Waals surface area contributed by atoms with Crippen molar-refractivity contribution in [2.75, 3.05) is 13.2 Å². The maximum absolute atomic E-state index is 12.6. The van der Waals surface area contributed by atoms with Gasteiger partial charge in [0.2, 0.25) is 5.91 Å². The summed E-state index contributed by atoms with van der Waals surface area (Å²) in [5, 5.41) is 2.96. The first-order valence-electron chi connectivity index (χ1n) is 5.54. The van der Waals surface area contributed by atoms with Gasteiger partial charge in [-0.2, -0.15) is 0 Å². The maximum atomic E-state index is 12.6. The molecule has 0 heterocycles. The Bertz CT molecular complexity index is 354. The van der Waals surface area contributed by atoms with Gasteiger partial charge in [-0.15, -0.1) is 0 Å². The third-order valence-electron chi connectivity index (χ3n) is 2.28. The minimum atomic E-state index is -0.394. The van der Waals surface area contributed by atoms with Gasteiger partial charge in [0.1, 0.15) is 11.6 Å². The van der Waals surface area contributed by atoms with E-state index in [-0.39, 0.29) is 11.9 Å². The topological polar surface area (TPSA) is 64.3 Å². The number of amides is 1. The molecule has 17 heavy (non-hydrogen) atoms. The standard InChI is InChI=1S/C12H17FN2O2/c1-2-15-11(12(14)16)7-8-17-10-5-3-9(13)4-6-10/h3-6,11,15H,2,7-8H2,1H3,(H2,14,16). The van der Waals surface area contributed by atoms with Gasteiger partial charge < -0.3 is 15.8 Å². The minimum Gasteiger partial charge on any atom is -0.494 e. The van der Waals surface area contributed by atoms with Crippen molar-refractivity contribution in [3.8, 4) is 5.75 Å². The fourth-order valence-corrected chi connectivity index (χ4v) is 1.42. The second-order valence-corrected chi connectivity index (χ2v) is 3.60. The van der Waals surface area contributed by atoms with Crippen molar-refractivity contribution in [1.82, 2.24) is 5.32 Å². The summed E-state index contributed by atoms with van der Waals surface area (Å²) in [6, 6.07) is 5.35. The molecule has 0 aliphatic rings. The van der Waals surface area contributed by atoms with Crippen molar-refractivity contribution in [2.45, 2.75) is 19.4 Å². The average molecular weight is 240 g/mol. The van der Waals surface area contributed by atoms with Gasteiger partial charge in [0.25, 0.3) is 0 Å².